The summed E-state index contributed by atoms with van der Waals surface area (Å²) in [4.78, 5) is 5.52. The minimum atomic E-state index is 0.0656. The lowest BCUT2D eigenvalue weighted by Crippen LogP contribution is -2.02. The molecule has 2 aromatic heterocycles. The second-order valence-corrected chi connectivity index (χ2v) is 6.40. The van der Waals surface area contributed by atoms with Gasteiger partial charge in [-0.3, -0.25) is 0 Å². The van der Waals surface area contributed by atoms with Crippen molar-refractivity contribution >= 4 is 21.4 Å². The Morgan fingerprint density at radius 1 is 1.29 bits per heavy atom. The number of fused-ring (bicyclic) bond motifs is 1. The summed E-state index contributed by atoms with van der Waals surface area (Å²) < 4.78 is 1.83. The van der Waals surface area contributed by atoms with E-state index in [2.05, 4.69) is 15.4 Å². The van der Waals surface area contributed by atoms with Gasteiger partial charge in [0, 0.05) is 12.1 Å². The first kappa shape index (κ1) is 12.8. The molecule has 0 bridgehead atoms. The Kier molecular flexibility index (Phi) is 3.12. The van der Waals surface area contributed by atoms with Crippen molar-refractivity contribution in [3.63, 3.8) is 0 Å². The van der Waals surface area contributed by atoms with E-state index in [-0.39, 0.29) is 6.61 Å². The highest BCUT2D eigenvalue weighted by atomic mass is 32.1. The van der Waals surface area contributed by atoms with Gasteiger partial charge < -0.3 is 10.4 Å². The Labute approximate surface area is 126 Å². The number of nitrogens with zero attached hydrogens (tertiary/aromatic N) is 3. The highest BCUT2D eigenvalue weighted by Crippen LogP contribution is 2.30. The lowest BCUT2D eigenvalue weighted by Gasteiger charge is -1.99. The van der Waals surface area contributed by atoms with E-state index in [1.165, 1.54) is 12.8 Å². The molecule has 1 fully saturated rings. The van der Waals surface area contributed by atoms with Crippen molar-refractivity contribution in [3.05, 3.63) is 36.0 Å². The highest BCUT2D eigenvalue weighted by molar-refractivity contribution is 7.20. The summed E-state index contributed by atoms with van der Waals surface area (Å²) in [6.45, 7) is 1.09. The van der Waals surface area contributed by atoms with Crippen LogP contribution in [0.4, 0.5) is 5.13 Å². The molecule has 0 saturated heterocycles. The normalized spacial score (nSPS) is 14.7. The summed E-state index contributed by atoms with van der Waals surface area (Å²) in [5, 5.41) is 17.9. The molecule has 0 aliphatic heterocycles. The third-order valence-electron chi connectivity index (χ3n) is 3.71. The van der Waals surface area contributed by atoms with Gasteiger partial charge in [-0.15, -0.1) is 5.10 Å². The number of rotatable bonds is 5. The molecule has 0 spiro atoms. The van der Waals surface area contributed by atoms with Crippen LogP contribution in [0.1, 0.15) is 18.4 Å². The van der Waals surface area contributed by atoms with Gasteiger partial charge in [0.05, 0.1) is 18.5 Å². The molecular formula is C15H16N4OS. The van der Waals surface area contributed by atoms with Gasteiger partial charge in [0.15, 0.2) is 0 Å². The fraction of sp³-hybridized carbons (Fsp3) is 0.333. The molecular weight excluding hydrogens is 284 g/mol. The van der Waals surface area contributed by atoms with Crippen molar-refractivity contribution in [2.75, 3.05) is 11.9 Å². The number of anilines is 1. The summed E-state index contributed by atoms with van der Waals surface area (Å²) in [6.07, 6.45) is 4.62. The van der Waals surface area contributed by atoms with Gasteiger partial charge in [-0.05, 0) is 24.3 Å². The van der Waals surface area contributed by atoms with E-state index in [9.17, 15) is 0 Å². The largest absolute Gasteiger partial charge is 0.392 e. The molecule has 1 aliphatic rings. The molecule has 2 N–H and O–H groups in total. The Morgan fingerprint density at radius 2 is 2.10 bits per heavy atom. The second-order valence-electron chi connectivity index (χ2n) is 5.44. The number of aliphatic hydroxyl groups excluding tert-OH is 1. The van der Waals surface area contributed by atoms with Crippen LogP contribution in [0.25, 0.3) is 16.2 Å². The molecule has 6 heteroatoms. The summed E-state index contributed by atoms with van der Waals surface area (Å²) in [5.74, 6) is 0.835. The predicted molar refractivity (Wildman–Crippen MR) is 83.4 cm³/mol. The zero-order chi connectivity index (χ0) is 14.2. The SMILES string of the molecule is OCc1ccc(-c2cn3nc(NCC4CC4)sc3n2)cc1. The molecule has 2 heterocycles. The monoisotopic (exact) mass is 300 g/mol. The van der Waals surface area contributed by atoms with E-state index < -0.39 is 0 Å². The second kappa shape index (κ2) is 5.13. The van der Waals surface area contributed by atoms with Gasteiger partial charge in [0.25, 0.3) is 0 Å². The summed E-state index contributed by atoms with van der Waals surface area (Å²) in [7, 11) is 0. The molecule has 108 valence electrons. The van der Waals surface area contributed by atoms with Gasteiger partial charge in [-0.25, -0.2) is 9.50 Å². The van der Waals surface area contributed by atoms with E-state index in [1.54, 1.807) is 11.3 Å². The third-order valence-corrected chi connectivity index (χ3v) is 4.59. The van der Waals surface area contributed by atoms with Crippen molar-refractivity contribution in [2.45, 2.75) is 19.4 Å². The summed E-state index contributed by atoms with van der Waals surface area (Å²) in [5.41, 5.74) is 2.86. The number of aliphatic hydroxyl groups is 1. The average Bonchev–Trinajstić information content (AvgIpc) is 3.14. The third kappa shape index (κ3) is 2.64. The molecule has 0 atom stereocenters. The van der Waals surface area contributed by atoms with Crippen LogP contribution in [0.5, 0.6) is 0 Å². The highest BCUT2D eigenvalue weighted by Gasteiger charge is 2.21. The van der Waals surface area contributed by atoms with Gasteiger partial charge >= 0.3 is 0 Å². The van der Waals surface area contributed by atoms with Crippen LogP contribution in [0.15, 0.2) is 30.5 Å². The van der Waals surface area contributed by atoms with E-state index in [1.807, 2.05) is 35.0 Å². The maximum atomic E-state index is 9.07. The lowest BCUT2D eigenvalue weighted by molar-refractivity contribution is 0.282. The fourth-order valence-corrected chi connectivity index (χ4v) is 3.03. The maximum Gasteiger partial charge on any atom is 0.214 e. The van der Waals surface area contributed by atoms with Gasteiger partial charge in [0.2, 0.25) is 10.1 Å². The van der Waals surface area contributed by atoms with Crippen molar-refractivity contribution in [3.8, 4) is 11.3 Å². The van der Waals surface area contributed by atoms with Crippen molar-refractivity contribution < 1.29 is 5.11 Å². The predicted octanol–water partition coefficient (Wildman–Crippen LogP) is 2.77. The standard InChI is InChI=1S/C15H16N4OS/c20-9-11-3-5-12(6-4-11)13-8-19-15(17-13)21-14(18-19)16-7-10-1-2-10/h3-6,8,10,20H,1-2,7,9H2,(H,16,18). The molecule has 1 aromatic carbocycles. The first-order valence-electron chi connectivity index (χ1n) is 7.12. The van der Waals surface area contributed by atoms with Crippen molar-refractivity contribution in [2.24, 2.45) is 5.92 Å². The van der Waals surface area contributed by atoms with Crippen molar-refractivity contribution in [1.82, 2.24) is 14.6 Å². The van der Waals surface area contributed by atoms with E-state index in [0.717, 1.165) is 39.4 Å². The molecule has 1 aliphatic carbocycles. The Balaban J connectivity index is 1.56. The molecule has 0 unspecified atom stereocenters. The Hall–Kier alpha value is -1.92. The smallest absolute Gasteiger partial charge is 0.214 e. The molecule has 0 radical (unpaired) electrons. The fourth-order valence-electron chi connectivity index (χ4n) is 2.25. The molecule has 5 nitrogen and oxygen atoms in total. The van der Waals surface area contributed by atoms with E-state index in [4.69, 9.17) is 5.11 Å². The summed E-state index contributed by atoms with van der Waals surface area (Å²) in [6, 6.07) is 7.78. The first-order chi connectivity index (χ1) is 10.3. The lowest BCUT2D eigenvalue weighted by atomic mass is 10.1. The molecule has 3 aromatic rings. The van der Waals surface area contributed by atoms with E-state index in [0.29, 0.717) is 0 Å². The zero-order valence-electron chi connectivity index (χ0n) is 11.5. The zero-order valence-corrected chi connectivity index (χ0v) is 12.3. The molecule has 4 rings (SSSR count). The van der Waals surface area contributed by atoms with Crippen LogP contribution >= 0.6 is 11.3 Å². The maximum absolute atomic E-state index is 9.07. The molecule has 1 saturated carbocycles. The van der Waals surface area contributed by atoms with Crippen LogP contribution in [0.2, 0.25) is 0 Å². The van der Waals surface area contributed by atoms with E-state index >= 15 is 0 Å². The van der Waals surface area contributed by atoms with Crippen LogP contribution < -0.4 is 5.32 Å². The van der Waals surface area contributed by atoms with Crippen LogP contribution in [-0.4, -0.2) is 26.2 Å². The number of hydrogen-bond donors (Lipinski definition) is 2. The van der Waals surface area contributed by atoms with Gasteiger partial charge in [-0.2, -0.15) is 0 Å². The summed E-state index contributed by atoms with van der Waals surface area (Å²) >= 11 is 1.58. The first-order valence-corrected chi connectivity index (χ1v) is 7.94. The average molecular weight is 300 g/mol. The van der Waals surface area contributed by atoms with Gasteiger partial charge in [-0.1, -0.05) is 35.6 Å². The number of hydrogen-bond acceptors (Lipinski definition) is 5. The quantitative estimate of drug-likeness (QED) is 0.760. The number of benzene rings is 1. The number of nitrogens with one attached hydrogen (secondary N) is 1. The van der Waals surface area contributed by atoms with Crippen LogP contribution in [0, 0.1) is 5.92 Å². The molecule has 21 heavy (non-hydrogen) atoms. The minimum Gasteiger partial charge on any atom is -0.392 e. The Bertz CT molecular complexity index is 726. The number of aromatic nitrogens is 3. The Morgan fingerprint density at radius 3 is 2.76 bits per heavy atom. The topological polar surface area (TPSA) is 62.5 Å². The number of imidazole rings is 1. The van der Waals surface area contributed by atoms with Gasteiger partial charge in [0.1, 0.15) is 0 Å². The van der Waals surface area contributed by atoms with Crippen molar-refractivity contribution in [1.29, 1.82) is 0 Å². The minimum absolute atomic E-state index is 0.0656. The molecule has 0 amide bonds. The van der Waals surface area contributed by atoms with Crippen LogP contribution in [-0.2, 0) is 6.61 Å². The van der Waals surface area contributed by atoms with Crippen LogP contribution in [0.3, 0.4) is 0 Å².